The van der Waals surface area contributed by atoms with Gasteiger partial charge in [0, 0.05) is 17.8 Å². The molecule has 0 radical (unpaired) electrons. The summed E-state index contributed by atoms with van der Waals surface area (Å²) in [5.74, 6) is 0.486. The van der Waals surface area contributed by atoms with Crippen LogP contribution in [0.3, 0.4) is 0 Å². The lowest BCUT2D eigenvalue weighted by Crippen LogP contribution is -2.10. The quantitative estimate of drug-likeness (QED) is 0.859. The molecule has 0 aliphatic carbocycles. The number of rotatable bonds is 2. The fraction of sp³-hybridized carbons (Fsp3) is 0.100. The maximum absolute atomic E-state index is 11.5. The second-order valence-electron chi connectivity index (χ2n) is 3.02. The number of aromatic amines is 1. The molecule has 0 saturated heterocycles. The third kappa shape index (κ3) is 2.04. The van der Waals surface area contributed by atoms with Gasteiger partial charge < -0.3 is 4.74 Å². The molecular formula is C10H8ClN3O2. The van der Waals surface area contributed by atoms with Crippen LogP contribution in [-0.4, -0.2) is 22.3 Å². The van der Waals surface area contributed by atoms with Crippen LogP contribution >= 0.6 is 11.6 Å². The minimum atomic E-state index is -0.309. The van der Waals surface area contributed by atoms with Gasteiger partial charge in [-0.05, 0) is 12.1 Å². The van der Waals surface area contributed by atoms with Crippen molar-refractivity contribution in [1.29, 1.82) is 0 Å². The molecule has 0 atom stereocenters. The number of hydrogen-bond acceptors (Lipinski definition) is 4. The first-order valence-corrected chi connectivity index (χ1v) is 4.84. The molecule has 0 bridgehead atoms. The Morgan fingerprint density at radius 1 is 1.44 bits per heavy atom. The van der Waals surface area contributed by atoms with Crippen LogP contribution in [-0.2, 0) is 0 Å². The standard InChI is InChI=1S/C10H8ClN3O2/c1-16-9-3-2-6(5-12-9)7-4-8(11)13-14-10(7)15/h2-5H,1H3,(H,14,15). The topological polar surface area (TPSA) is 67.9 Å². The zero-order valence-corrected chi connectivity index (χ0v) is 9.15. The molecule has 5 nitrogen and oxygen atoms in total. The Morgan fingerprint density at radius 3 is 2.88 bits per heavy atom. The molecule has 0 aromatic carbocycles. The Morgan fingerprint density at radius 2 is 2.25 bits per heavy atom. The smallest absolute Gasteiger partial charge is 0.272 e. The van der Waals surface area contributed by atoms with Crippen molar-refractivity contribution in [3.8, 4) is 17.0 Å². The van der Waals surface area contributed by atoms with E-state index in [0.29, 0.717) is 17.0 Å². The summed E-state index contributed by atoms with van der Waals surface area (Å²) in [5, 5.41) is 6.11. The lowest BCUT2D eigenvalue weighted by molar-refractivity contribution is 0.398. The predicted octanol–water partition coefficient (Wildman–Crippen LogP) is 1.49. The van der Waals surface area contributed by atoms with Crippen LogP contribution < -0.4 is 10.3 Å². The Hall–Kier alpha value is -1.88. The highest BCUT2D eigenvalue weighted by molar-refractivity contribution is 6.29. The molecule has 0 saturated carbocycles. The number of hydrogen-bond donors (Lipinski definition) is 1. The first-order valence-electron chi connectivity index (χ1n) is 4.46. The molecule has 6 heteroatoms. The van der Waals surface area contributed by atoms with Gasteiger partial charge in [0.1, 0.15) is 5.15 Å². The second-order valence-corrected chi connectivity index (χ2v) is 3.41. The van der Waals surface area contributed by atoms with Gasteiger partial charge in [-0.3, -0.25) is 4.79 Å². The molecule has 0 aliphatic rings. The van der Waals surface area contributed by atoms with E-state index in [-0.39, 0.29) is 10.7 Å². The third-order valence-corrected chi connectivity index (χ3v) is 2.22. The number of nitrogens with one attached hydrogen (secondary N) is 1. The summed E-state index contributed by atoms with van der Waals surface area (Å²) in [6.07, 6.45) is 1.54. The van der Waals surface area contributed by atoms with E-state index >= 15 is 0 Å². The summed E-state index contributed by atoms with van der Waals surface area (Å²) < 4.78 is 4.92. The summed E-state index contributed by atoms with van der Waals surface area (Å²) in [5.41, 5.74) is 0.776. The fourth-order valence-electron chi connectivity index (χ4n) is 1.26. The Labute approximate surface area is 96.1 Å². The van der Waals surface area contributed by atoms with Crippen LogP contribution in [0, 0.1) is 0 Å². The highest BCUT2D eigenvalue weighted by Gasteiger charge is 2.05. The average Bonchev–Trinajstić information content (AvgIpc) is 2.32. The maximum Gasteiger partial charge on any atom is 0.272 e. The summed E-state index contributed by atoms with van der Waals surface area (Å²) in [6.45, 7) is 0. The van der Waals surface area contributed by atoms with Crippen molar-refractivity contribution in [3.63, 3.8) is 0 Å². The zero-order valence-electron chi connectivity index (χ0n) is 8.40. The van der Waals surface area contributed by atoms with Crippen molar-refractivity contribution >= 4 is 11.6 Å². The highest BCUT2D eigenvalue weighted by Crippen LogP contribution is 2.18. The first-order chi connectivity index (χ1) is 7.70. The van der Waals surface area contributed by atoms with E-state index < -0.39 is 0 Å². The first kappa shape index (κ1) is 10.6. The molecule has 0 unspecified atom stereocenters. The van der Waals surface area contributed by atoms with Gasteiger partial charge in [0.15, 0.2) is 0 Å². The fourth-order valence-corrected chi connectivity index (χ4v) is 1.41. The third-order valence-electron chi connectivity index (χ3n) is 2.03. The van der Waals surface area contributed by atoms with Gasteiger partial charge in [0.05, 0.1) is 12.7 Å². The number of halogens is 1. The summed E-state index contributed by atoms with van der Waals surface area (Å²) in [6, 6.07) is 4.89. The van der Waals surface area contributed by atoms with Crippen molar-refractivity contribution in [2.75, 3.05) is 7.11 Å². The maximum atomic E-state index is 11.5. The van der Waals surface area contributed by atoms with Gasteiger partial charge in [-0.2, -0.15) is 5.10 Å². The Balaban J connectivity index is 2.50. The number of nitrogens with zero attached hydrogens (tertiary/aromatic N) is 2. The minimum Gasteiger partial charge on any atom is -0.481 e. The van der Waals surface area contributed by atoms with Gasteiger partial charge in [-0.1, -0.05) is 11.6 Å². The predicted molar refractivity (Wildman–Crippen MR) is 59.7 cm³/mol. The van der Waals surface area contributed by atoms with Gasteiger partial charge in [0.25, 0.3) is 5.56 Å². The van der Waals surface area contributed by atoms with Crippen LogP contribution in [0.5, 0.6) is 5.88 Å². The highest BCUT2D eigenvalue weighted by atomic mass is 35.5. The van der Waals surface area contributed by atoms with Crippen molar-refractivity contribution in [1.82, 2.24) is 15.2 Å². The van der Waals surface area contributed by atoms with Gasteiger partial charge in [-0.15, -0.1) is 0 Å². The van der Waals surface area contributed by atoms with Crippen LogP contribution in [0.25, 0.3) is 11.1 Å². The molecule has 16 heavy (non-hydrogen) atoms. The molecule has 0 amide bonds. The largest absolute Gasteiger partial charge is 0.481 e. The average molecular weight is 238 g/mol. The van der Waals surface area contributed by atoms with Crippen LogP contribution in [0.15, 0.2) is 29.2 Å². The van der Waals surface area contributed by atoms with E-state index in [9.17, 15) is 4.79 Å². The number of pyridine rings is 1. The van der Waals surface area contributed by atoms with E-state index in [0.717, 1.165) is 0 Å². The Bertz CT molecular complexity index is 551. The van der Waals surface area contributed by atoms with Crippen LogP contribution in [0.2, 0.25) is 5.15 Å². The SMILES string of the molecule is COc1ccc(-c2cc(Cl)n[nH]c2=O)cn1. The molecule has 0 fully saturated rings. The summed E-state index contributed by atoms with van der Waals surface area (Å²) >= 11 is 5.70. The number of ether oxygens (including phenoxy) is 1. The van der Waals surface area contributed by atoms with Gasteiger partial charge in [0.2, 0.25) is 5.88 Å². The number of aromatic nitrogens is 3. The van der Waals surface area contributed by atoms with Crippen molar-refractivity contribution < 1.29 is 4.74 Å². The number of methoxy groups -OCH3 is 1. The van der Waals surface area contributed by atoms with Crippen LogP contribution in [0.4, 0.5) is 0 Å². The summed E-state index contributed by atoms with van der Waals surface area (Å²) in [4.78, 5) is 15.5. The monoisotopic (exact) mass is 237 g/mol. The van der Waals surface area contributed by atoms with E-state index in [1.165, 1.54) is 13.2 Å². The molecule has 82 valence electrons. The molecule has 2 aromatic heterocycles. The summed E-state index contributed by atoms with van der Waals surface area (Å²) in [7, 11) is 1.53. The number of H-pyrrole nitrogens is 1. The molecule has 2 aromatic rings. The van der Waals surface area contributed by atoms with Gasteiger partial charge in [-0.25, -0.2) is 10.1 Å². The van der Waals surface area contributed by atoms with Gasteiger partial charge >= 0.3 is 0 Å². The lowest BCUT2D eigenvalue weighted by atomic mass is 10.1. The molecule has 0 aliphatic heterocycles. The second kappa shape index (κ2) is 4.32. The zero-order chi connectivity index (χ0) is 11.5. The van der Waals surface area contributed by atoms with E-state index in [4.69, 9.17) is 16.3 Å². The van der Waals surface area contributed by atoms with Crippen molar-refractivity contribution in [3.05, 3.63) is 39.9 Å². The molecule has 2 heterocycles. The van der Waals surface area contributed by atoms with Crippen molar-refractivity contribution in [2.45, 2.75) is 0 Å². The van der Waals surface area contributed by atoms with E-state index in [1.807, 2.05) is 0 Å². The molecular weight excluding hydrogens is 230 g/mol. The van der Waals surface area contributed by atoms with E-state index in [2.05, 4.69) is 15.2 Å². The van der Waals surface area contributed by atoms with Crippen LogP contribution in [0.1, 0.15) is 0 Å². The lowest BCUT2D eigenvalue weighted by Gasteiger charge is -2.01. The molecule has 0 spiro atoms. The molecule has 1 N–H and O–H groups in total. The molecule has 2 rings (SSSR count). The van der Waals surface area contributed by atoms with E-state index in [1.54, 1.807) is 18.3 Å². The van der Waals surface area contributed by atoms with Crippen molar-refractivity contribution in [2.24, 2.45) is 0 Å². The normalized spacial score (nSPS) is 10.1. The minimum absolute atomic E-state index is 0.227. The Kier molecular flexibility index (Phi) is 2.87.